The molecule has 0 atom stereocenters. The summed E-state index contributed by atoms with van der Waals surface area (Å²) in [5, 5.41) is 7.28. The molecule has 0 aliphatic carbocycles. The lowest BCUT2D eigenvalue weighted by molar-refractivity contribution is 0.313. The predicted molar refractivity (Wildman–Crippen MR) is 77.9 cm³/mol. The summed E-state index contributed by atoms with van der Waals surface area (Å²) in [6.45, 7) is 2.88. The topological polar surface area (TPSA) is 56.2 Å². The maximum absolute atomic E-state index is 11.4. The average molecular weight is 273 g/mol. The highest BCUT2D eigenvalue weighted by Crippen LogP contribution is 2.07. The fourth-order valence-corrected chi connectivity index (χ4v) is 1.79. The van der Waals surface area contributed by atoms with E-state index in [9.17, 15) is 4.79 Å². The van der Waals surface area contributed by atoms with Crippen LogP contribution >= 0.6 is 0 Å². The Morgan fingerprint density at radius 3 is 2.75 bits per heavy atom. The number of nitrogens with zero attached hydrogens (tertiary/aromatic N) is 2. The monoisotopic (exact) mass is 273 g/mol. The maximum atomic E-state index is 11.4. The van der Waals surface area contributed by atoms with Crippen LogP contribution in [0.3, 0.4) is 0 Å². The number of ether oxygens (including phenoxy) is 1. The lowest BCUT2D eigenvalue weighted by Crippen LogP contribution is -2.26. The zero-order valence-corrected chi connectivity index (χ0v) is 11.4. The molecule has 2 rings (SSSR count). The number of rotatable bonds is 8. The number of hydrogen-bond donors (Lipinski definition) is 1. The minimum Gasteiger partial charge on any atom is -0.492 e. The SMILES string of the molecule is O=c1cccnn1CCCNCCOc1ccccc1. The second-order valence-corrected chi connectivity index (χ2v) is 4.35. The third kappa shape index (κ3) is 4.85. The first-order chi connectivity index (χ1) is 9.86. The zero-order valence-electron chi connectivity index (χ0n) is 11.4. The van der Waals surface area contributed by atoms with Gasteiger partial charge in [-0.25, -0.2) is 4.68 Å². The normalized spacial score (nSPS) is 10.4. The van der Waals surface area contributed by atoms with Crippen molar-refractivity contribution in [3.05, 3.63) is 59.0 Å². The average Bonchev–Trinajstić information content (AvgIpc) is 2.49. The van der Waals surface area contributed by atoms with E-state index >= 15 is 0 Å². The van der Waals surface area contributed by atoms with E-state index in [0.717, 1.165) is 25.3 Å². The molecule has 0 unspecified atom stereocenters. The zero-order chi connectivity index (χ0) is 14.0. The first kappa shape index (κ1) is 14.3. The van der Waals surface area contributed by atoms with Gasteiger partial charge < -0.3 is 10.1 Å². The lowest BCUT2D eigenvalue weighted by Gasteiger charge is -2.07. The van der Waals surface area contributed by atoms with Crippen LogP contribution in [0, 0.1) is 0 Å². The first-order valence-electron chi connectivity index (χ1n) is 6.77. The Morgan fingerprint density at radius 2 is 1.95 bits per heavy atom. The number of benzene rings is 1. The fraction of sp³-hybridized carbons (Fsp3) is 0.333. The Morgan fingerprint density at radius 1 is 1.10 bits per heavy atom. The molecule has 106 valence electrons. The van der Waals surface area contributed by atoms with Gasteiger partial charge >= 0.3 is 0 Å². The van der Waals surface area contributed by atoms with Crippen LogP contribution in [0.5, 0.6) is 5.75 Å². The van der Waals surface area contributed by atoms with Crippen LogP contribution in [0.2, 0.25) is 0 Å². The Balaban J connectivity index is 1.54. The molecule has 1 heterocycles. The highest BCUT2D eigenvalue weighted by Gasteiger charge is 1.95. The molecular weight excluding hydrogens is 254 g/mol. The first-order valence-corrected chi connectivity index (χ1v) is 6.77. The highest BCUT2D eigenvalue weighted by molar-refractivity contribution is 5.20. The third-order valence-electron chi connectivity index (χ3n) is 2.80. The molecule has 1 aromatic heterocycles. The minimum absolute atomic E-state index is 0.0556. The van der Waals surface area contributed by atoms with Crippen LogP contribution in [0.4, 0.5) is 0 Å². The molecule has 2 aromatic rings. The molecule has 0 bridgehead atoms. The van der Waals surface area contributed by atoms with Crippen LogP contribution in [-0.4, -0.2) is 29.5 Å². The Hall–Kier alpha value is -2.14. The molecule has 0 amide bonds. The Labute approximate surface area is 118 Å². The standard InChI is InChI=1S/C15H19N3O2/c19-15-8-4-10-17-18(15)12-5-9-16-11-13-20-14-6-2-1-3-7-14/h1-4,6-8,10,16H,5,9,11-13H2. The summed E-state index contributed by atoms with van der Waals surface area (Å²) in [6.07, 6.45) is 2.49. The van der Waals surface area contributed by atoms with Crippen molar-refractivity contribution >= 4 is 0 Å². The summed E-state index contributed by atoms with van der Waals surface area (Å²) in [4.78, 5) is 11.4. The van der Waals surface area contributed by atoms with Gasteiger partial charge in [-0.15, -0.1) is 0 Å². The molecule has 5 heteroatoms. The summed E-state index contributed by atoms with van der Waals surface area (Å²) in [6, 6.07) is 12.9. The molecule has 0 radical (unpaired) electrons. The largest absolute Gasteiger partial charge is 0.492 e. The molecule has 0 aliphatic heterocycles. The number of nitrogens with one attached hydrogen (secondary N) is 1. The minimum atomic E-state index is -0.0556. The van der Waals surface area contributed by atoms with Gasteiger partial charge in [0.05, 0.1) is 0 Å². The van der Waals surface area contributed by atoms with E-state index in [4.69, 9.17) is 4.74 Å². The molecule has 0 saturated carbocycles. The molecule has 0 saturated heterocycles. The molecular formula is C15H19N3O2. The summed E-state index contributed by atoms with van der Waals surface area (Å²) in [7, 11) is 0. The van der Waals surface area contributed by atoms with Crippen LogP contribution in [0.15, 0.2) is 53.5 Å². The van der Waals surface area contributed by atoms with Crippen LogP contribution in [0.25, 0.3) is 0 Å². The molecule has 1 aromatic carbocycles. The van der Waals surface area contributed by atoms with Gasteiger partial charge in [0.15, 0.2) is 0 Å². The molecule has 5 nitrogen and oxygen atoms in total. The number of hydrogen-bond acceptors (Lipinski definition) is 4. The van der Waals surface area contributed by atoms with Gasteiger partial charge in [-0.3, -0.25) is 4.79 Å². The molecule has 0 spiro atoms. The van der Waals surface area contributed by atoms with Crippen LogP contribution in [-0.2, 0) is 6.54 Å². The van der Waals surface area contributed by atoms with Crippen molar-refractivity contribution < 1.29 is 4.74 Å². The van der Waals surface area contributed by atoms with Gasteiger partial charge in [-0.05, 0) is 31.2 Å². The van der Waals surface area contributed by atoms with Gasteiger partial charge in [-0.1, -0.05) is 18.2 Å². The third-order valence-corrected chi connectivity index (χ3v) is 2.80. The molecule has 0 fully saturated rings. The fourth-order valence-electron chi connectivity index (χ4n) is 1.79. The van der Waals surface area contributed by atoms with E-state index in [1.165, 1.54) is 10.7 Å². The van der Waals surface area contributed by atoms with Gasteiger partial charge in [0.1, 0.15) is 12.4 Å². The predicted octanol–water partition coefficient (Wildman–Crippen LogP) is 1.30. The second-order valence-electron chi connectivity index (χ2n) is 4.35. The van der Waals surface area contributed by atoms with Crippen LogP contribution in [0.1, 0.15) is 6.42 Å². The number of para-hydroxylation sites is 1. The van der Waals surface area contributed by atoms with Crippen LogP contribution < -0.4 is 15.6 Å². The van der Waals surface area contributed by atoms with E-state index in [0.29, 0.717) is 13.2 Å². The van der Waals surface area contributed by atoms with Crippen molar-refractivity contribution in [3.8, 4) is 5.75 Å². The molecule has 0 aliphatic rings. The smallest absolute Gasteiger partial charge is 0.266 e. The van der Waals surface area contributed by atoms with Gasteiger partial charge in [-0.2, -0.15) is 5.10 Å². The summed E-state index contributed by atoms with van der Waals surface area (Å²) in [5.74, 6) is 0.884. The van der Waals surface area contributed by atoms with Gasteiger partial charge in [0.2, 0.25) is 0 Å². The van der Waals surface area contributed by atoms with Crippen molar-refractivity contribution in [2.45, 2.75) is 13.0 Å². The van der Waals surface area contributed by atoms with Crippen molar-refractivity contribution in [2.75, 3.05) is 19.7 Å². The van der Waals surface area contributed by atoms with Gasteiger partial charge in [0, 0.05) is 25.4 Å². The summed E-state index contributed by atoms with van der Waals surface area (Å²) >= 11 is 0. The lowest BCUT2D eigenvalue weighted by atomic mass is 10.3. The van der Waals surface area contributed by atoms with Crippen molar-refractivity contribution in [2.24, 2.45) is 0 Å². The second kappa shape index (κ2) is 8.12. The van der Waals surface area contributed by atoms with Crippen molar-refractivity contribution in [1.29, 1.82) is 0 Å². The maximum Gasteiger partial charge on any atom is 0.266 e. The van der Waals surface area contributed by atoms with E-state index < -0.39 is 0 Å². The van der Waals surface area contributed by atoms with E-state index in [1.807, 2.05) is 30.3 Å². The Kier molecular flexibility index (Phi) is 5.79. The molecule has 20 heavy (non-hydrogen) atoms. The highest BCUT2D eigenvalue weighted by atomic mass is 16.5. The van der Waals surface area contributed by atoms with E-state index in [-0.39, 0.29) is 5.56 Å². The molecule has 1 N–H and O–H groups in total. The van der Waals surface area contributed by atoms with E-state index in [2.05, 4.69) is 10.4 Å². The summed E-state index contributed by atoms with van der Waals surface area (Å²) < 4.78 is 7.03. The van der Waals surface area contributed by atoms with Crippen molar-refractivity contribution in [1.82, 2.24) is 15.1 Å². The Bertz CT molecular complexity index is 554. The summed E-state index contributed by atoms with van der Waals surface area (Å²) in [5.41, 5.74) is -0.0556. The van der Waals surface area contributed by atoms with E-state index in [1.54, 1.807) is 12.3 Å². The van der Waals surface area contributed by atoms with Crippen molar-refractivity contribution in [3.63, 3.8) is 0 Å². The van der Waals surface area contributed by atoms with Gasteiger partial charge in [0.25, 0.3) is 5.56 Å². The number of aromatic nitrogens is 2. The number of aryl methyl sites for hydroxylation is 1. The quantitative estimate of drug-likeness (QED) is 0.737.